The molecule has 0 atom stereocenters. The van der Waals surface area contributed by atoms with Crippen molar-refractivity contribution in [3.8, 4) is 5.75 Å². The van der Waals surface area contributed by atoms with Crippen LogP contribution >= 0.6 is 0 Å². The number of piperidine rings is 1. The third-order valence-electron chi connectivity index (χ3n) is 7.65. The van der Waals surface area contributed by atoms with E-state index in [0.29, 0.717) is 25.5 Å². The van der Waals surface area contributed by atoms with E-state index in [0.717, 1.165) is 67.3 Å². The molecule has 0 unspecified atom stereocenters. The zero-order chi connectivity index (χ0) is 32.6. The van der Waals surface area contributed by atoms with Crippen LogP contribution in [0.3, 0.4) is 0 Å². The molecule has 1 amide bonds. The Morgan fingerprint density at radius 3 is 2.29 bits per heavy atom. The number of nitrogens with zero attached hydrogens (tertiary/aromatic N) is 4. The van der Waals surface area contributed by atoms with E-state index >= 15 is 0 Å². The molecule has 3 aromatic rings. The van der Waals surface area contributed by atoms with Gasteiger partial charge in [0.25, 0.3) is 6.47 Å². The van der Waals surface area contributed by atoms with Crippen molar-refractivity contribution in [2.75, 3.05) is 29.4 Å². The van der Waals surface area contributed by atoms with Gasteiger partial charge in [-0.3, -0.25) is 9.69 Å². The third-order valence-corrected chi connectivity index (χ3v) is 7.65. The summed E-state index contributed by atoms with van der Waals surface area (Å²) in [4.78, 5) is 35.8. The highest BCUT2D eigenvalue weighted by Crippen LogP contribution is 2.34. The van der Waals surface area contributed by atoms with Crippen LogP contribution in [0.5, 0.6) is 5.75 Å². The number of benzene rings is 2. The van der Waals surface area contributed by atoms with Crippen molar-refractivity contribution in [1.29, 1.82) is 0 Å². The zero-order valence-electron chi connectivity index (χ0n) is 27.8. The van der Waals surface area contributed by atoms with Crippen molar-refractivity contribution in [2.45, 2.75) is 92.0 Å². The molecule has 1 fully saturated rings. The van der Waals surface area contributed by atoms with Gasteiger partial charge in [-0.1, -0.05) is 30.3 Å². The van der Waals surface area contributed by atoms with Crippen LogP contribution in [0.1, 0.15) is 77.0 Å². The van der Waals surface area contributed by atoms with Gasteiger partial charge < -0.3 is 19.1 Å². The van der Waals surface area contributed by atoms with E-state index in [4.69, 9.17) is 14.5 Å². The third kappa shape index (κ3) is 10.2. The van der Waals surface area contributed by atoms with Gasteiger partial charge in [0.2, 0.25) is 0 Å². The Hall–Kier alpha value is -4.14. The number of aromatic nitrogens is 2. The van der Waals surface area contributed by atoms with Crippen LogP contribution in [-0.4, -0.2) is 53.4 Å². The first-order valence-corrected chi connectivity index (χ1v) is 15.8. The SMILES string of the molecule is CC(C)(C)OC=O.Cc1nc(CC2CCN(c3ccc4c(c3)CCN4C(=O)OC(C)(C)C)CC2)ncc1OCc1ccccc1. The fourth-order valence-electron chi connectivity index (χ4n) is 5.37. The number of carbonyl (C=O) groups excluding carboxylic acids is 2. The Kier molecular flexibility index (Phi) is 11.1. The summed E-state index contributed by atoms with van der Waals surface area (Å²) < 4.78 is 16.1. The average Bonchev–Trinajstić information content (AvgIpc) is 3.40. The molecule has 0 bridgehead atoms. The topological polar surface area (TPSA) is 94.1 Å². The Morgan fingerprint density at radius 1 is 0.978 bits per heavy atom. The van der Waals surface area contributed by atoms with Gasteiger partial charge in [0.1, 0.15) is 23.6 Å². The molecular formula is C36H48N4O5. The van der Waals surface area contributed by atoms with Crippen molar-refractivity contribution in [1.82, 2.24) is 9.97 Å². The summed E-state index contributed by atoms with van der Waals surface area (Å²) in [6, 6.07) is 16.6. The lowest BCUT2D eigenvalue weighted by Gasteiger charge is -2.34. The maximum atomic E-state index is 12.6. The number of carbonyl (C=O) groups is 2. The van der Waals surface area contributed by atoms with E-state index in [9.17, 15) is 9.59 Å². The minimum Gasteiger partial charge on any atom is -0.485 e. The minimum absolute atomic E-state index is 0.266. The molecule has 2 aromatic carbocycles. The van der Waals surface area contributed by atoms with Crippen molar-refractivity contribution < 1.29 is 23.8 Å². The maximum Gasteiger partial charge on any atom is 0.414 e. The summed E-state index contributed by atoms with van der Waals surface area (Å²) >= 11 is 0. The smallest absolute Gasteiger partial charge is 0.414 e. The Morgan fingerprint density at radius 2 is 1.69 bits per heavy atom. The Balaban J connectivity index is 0.000000591. The zero-order valence-corrected chi connectivity index (χ0v) is 27.8. The summed E-state index contributed by atoms with van der Waals surface area (Å²) in [5.41, 5.74) is 4.64. The molecule has 242 valence electrons. The summed E-state index contributed by atoms with van der Waals surface area (Å²) in [5, 5.41) is 0. The lowest BCUT2D eigenvalue weighted by Crippen LogP contribution is -2.35. The molecular weight excluding hydrogens is 568 g/mol. The van der Waals surface area contributed by atoms with E-state index in [1.807, 2.05) is 72.9 Å². The van der Waals surface area contributed by atoms with Gasteiger partial charge in [-0.05, 0) is 103 Å². The molecule has 0 spiro atoms. The summed E-state index contributed by atoms with van der Waals surface area (Å²) in [5.74, 6) is 2.21. The molecule has 1 saturated heterocycles. The number of hydrogen-bond donors (Lipinski definition) is 0. The van der Waals surface area contributed by atoms with Gasteiger partial charge in [0.05, 0.1) is 17.6 Å². The number of hydrogen-bond acceptors (Lipinski definition) is 8. The number of fused-ring (bicyclic) bond motifs is 1. The fourth-order valence-corrected chi connectivity index (χ4v) is 5.37. The van der Waals surface area contributed by atoms with Crippen LogP contribution in [-0.2, 0) is 33.7 Å². The molecule has 9 nitrogen and oxygen atoms in total. The second-order valence-electron chi connectivity index (χ2n) is 13.7. The highest BCUT2D eigenvalue weighted by Gasteiger charge is 2.30. The van der Waals surface area contributed by atoms with Crippen LogP contribution in [0.4, 0.5) is 16.2 Å². The Bertz CT molecular complexity index is 1420. The minimum atomic E-state index is -0.494. The van der Waals surface area contributed by atoms with Crippen LogP contribution in [0.25, 0.3) is 0 Å². The molecule has 9 heteroatoms. The molecule has 3 heterocycles. The first kappa shape index (κ1) is 33.7. The average molecular weight is 617 g/mol. The van der Waals surface area contributed by atoms with E-state index in [1.165, 1.54) is 11.3 Å². The lowest BCUT2D eigenvalue weighted by molar-refractivity contribution is -0.138. The predicted octanol–water partition coefficient (Wildman–Crippen LogP) is 7.08. The fraction of sp³-hybridized carbons (Fsp3) is 0.500. The first-order chi connectivity index (χ1) is 21.3. The van der Waals surface area contributed by atoms with Gasteiger partial charge in [-0.2, -0.15) is 0 Å². The standard InChI is InChI=1S/C31H38N4O3.C5H10O2/c1-22-28(37-21-24-8-6-5-7-9-24)20-32-29(33-22)18-23-12-15-34(16-13-23)26-10-11-27-25(19-26)14-17-35(27)30(36)38-31(2,3)4;1-5(2,3)7-4-6/h5-11,19-20,23H,12-18,21H2,1-4H3;4H,1-3H3. The van der Waals surface area contributed by atoms with Crippen molar-refractivity contribution in [2.24, 2.45) is 5.92 Å². The van der Waals surface area contributed by atoms with Gasteiger partial charge in [0, 0.05) is 31.7 Å². The van der Waals surface area contributed by atoms with Gasteiger partial charge in [0.15, 0.2) is 5.75 Å². The molecule has 2 aliphatic rings. The highest BCUT2D eigenvalue weighted by atomic mass is 16.6. The van der Waals surface area contributed by atoms with Crippen LogP contribution in [0.15, 0.2) is 54.7 Å². The molecule has 0 saturated carbocycles. The summed E-state index contributed by atoms with van der Waals surface area (Å²) in [6.45, 7) is 16.8. The number of amides is 1. The second kappa shape index (κ2) is 14.8. The van der Waals surface area contributed by atoms with E-state index in [1.54, 1.807) is 4.90 Å². The molecule has 2 aliphatic heterocycles. The molecule has 45 heavy (non-hydrogen) atoms. The normalized spacial score (nSPS) is 15.1. The number of rotatable bonds is 7. The van der Waals surface area contributed by atoms with Gasteiger partial charge in [-0.15, -0.1) is 0 Å². The molecule has 5 rings (SSSR count). The largest absolute Gasteiger partial charge is 0.485 e. The molecule has 0 radical (unpaired) electrons. The number of anilines is 2. The number of ether oxygens (including phenoxy) is 3. The van der Waals surface area contributed by atoms with Gasteiger partial charge in [-0.25, -0.2) is 14.8 Å². The summed E-state index contributed by atoms with van der Waals surface area (Å²) in [6.07, 6.45) is 5.52. The summed E-state index contributed by atoms with van der Waals surface area (Å²) in [7, 11) is 0. The monoisotopic (exact) mass is 616 g/mol. The van der Waals surface area contributed by atoms with Crippen LogP contribution in [0.2, 0.25) is 0 Å². The highest BCUT2D eigenvalue weighted by molar-refractivity contribution is 5.91. The van der Waals surface area contributed by atoms with E-state index < -0.39 is 5.60 Å². The van der Waals surface area contributed by atoms with Gasteiger partial charge >= 0.3 is 6.09 Å². The Labute approximate surface area is 267 Å². The maximum absolute atomic E-state index is 12.6. The molecule has 0 N–H and O–H groups in total. The van der Waals surface area contributed by atoms with Crippen LogP contribution in [0, 0.1) is 12.8 Å². The van der Waals surface area contributed by atoms with Crippen molar-refractivity contribution in [3.05, 3.63) is 77.4 Å². The lowest BCUT2D eigenvalue weighted by atomic mass is 9.92. The van der Waals surface area contributed by atoms with Crippen LogP contribution < -0.4 is 14.5 Å². The predicted molar refractivity (Wildman–Crippen MR) is 177 cm³/mol. The first-order valence-electron chi connectivity index (χ1n) is 15.8. The quantitative estimate of drug-likeness (QED) is 0.260. The molecule has 0 aliphatic carbocycles. The molecule has 1 aromatic heterocycles. The number of aryl methyl sites for hydroxylation is 1. The van der Waals surface area contributed by atoms with Crippen molar-refractivity contribution >= 4 is 23.9 Å². The van der Waals surface area contributed by atoms with E-state index in [2.05, 4.69) is 45.0 Å². The second-order valence-corrected chi connectivity index (χ2v) is 13.7. The van der Waals surface area contributed by atoms with E-state index in [-0.39, 0.29) is 11.7 Å². The van der Waals surface area contributed by atoms with Crippen molar-refractivity contribution in [3.63, 3.8) is 0 Å².